The molecule has 1 amide bonds. The first-order chi connectivity index (χ1) is 12.1. The number of rotatable bonds is 9. The number of amides is 1. The van der Waals surface area contributed by atoms with Gasteiger partial charge in [0.2, 0.25) is 0 Å². The second kappa shape index (κ2) is 10.1. The van der Waals surface area contributed by atoms with Gasteiger partial charge in [0.25, 0.3) is 5.91 Å². The zero-order chi connectivity index (χ0) is 18.1. The van der Waals surface area contributed by atoms with E-state index in [1.807, 2.05) is 36.0 Å². The molecule has 4 heteroatoms. The highest BCUT2D eigenvalue weighted by molar-refractivity contribution is 7.98. The molecule has 134 valence electrons. The second-order valence-electron chi connectivity index (χ2n) is 6.31. The minimum atomic E-state index is -0.0740. The number of thioether (sulfide) groups is 1. The number of carbonyl (C=O) groups is 1. The van der Waals surface area contributed by atoms with Crippen molar-refractivity contribution in [1.82, 2.24) is 5.32 Å². The Bertz CT molecular complexity index is 685. The van der Waals surface area contributed by atoms with Gasteiger partial charge in [-0.25, -0.2) is 0 Å². The summed E-state index contributed by atoms with van der Waals surface area (Å²) in [5.74, 6) is 2.96. The van der Waals surface area contributed by atoms with Gasteiger partial charge in [0.1, 0.15) is 5.75 Å². The lowest BCUT2D eigenvalue weighted by Crippen LogP contribution is -2.30. The van der Waals surface area contributed by atoms with E-state index in [9.17, 15) is 4.79 Å². The van der Waals surface area contributed by atoms with Gasteiger partial charge in [-0.1, -0.05) is 56.3 Å². The highest BCUT2D eigenvalue weighted by Crippen LogP contribution is 2.25. The predicted octanol–water partition coefficient (Wildman–Crippen LogP) is 4.55. The van der Waals surface area contributed by atoms with Gasteiger partial charge in [-0.05, 0) is 35.6 Å². The monoisotopic (exact) mass is 357 g/mol. The normalized spacial score (nSPS) is 10.7. The lowest BCUT2D eigenvalue weighted by Gasteiger charge is -2.13. The van der Waals surface area contributed by atoms with Crippen LogP contribution in [0.3, 0.4) is 0 Å². The Kier molecular flexibility index (Phi) is 7.86. The lowest BCUT2D eigenvalue weighted by atomic mass is 10.0. The van der Waals surface area contributed by atoms with Crippen molar-refractivity contribution in [1.29, 1.82) is 0 Å². The van der Waals surface area contributed by atoms with E-state index < -0.39 is 0 Å². The van der Waals surface area contributed by atoms with Gasteiger partial charge in [-0.15, -0.1) is 0 Å². The van der Waals surface area contributed by atoms with E-state index in [2.05, 4.69) is 50.4 Å². The van der Waals surface area contributed by atoms with Gasteiger partial charge in [-0.3, -0.25) is 4.79 Å². The van der Waals surface area contributed by atoms with Crippen LogP contribution >= 0.6 is 11.8 Å². The van der Waals surface area contributed by atoms with Crippen molar-refractivity contribution in [3.63, 3.8) is 0 Å². The Morgan fingerprint density at radius 1 is 1.12 bits per heavy atom. The molecule has 25 heavy (non-hydrogen) atoms. The number of benzene rings is 2. The summed E-state index contributed by atoms with van der Waals surface area (Å²) in [5.41, 5.74) is 3.80. The Morgan fingerprint density at radius 2 is 1.84 bits per heavy atom. The van der Waals surface area contributed by atoms with Crippen LogP contribution in [0.15, 0.2) is 48.5 Å². The van der Waals surface area contributed by atoms with Gasteiger partial charge >= 0.3 is 0 Å². The van der Waals surface area contributed by atoms with Crippen LogP contribution in [0.2, 0.25) is 0 Å². The van der Waals surface area contributed by atoms with Crippen LogP contribution in [0, 0.1) is 6.92 Å². The molecule has 0 fully saturated rings. The van der Waals surface area contributed by atoms with Gasteiger partial charge in [0.05, 0.1) is 0 Å². The largest absolute Gasteiger partial charge is 0.483 e. The number of nitrogens with one attached hydrogen (secondary N) is 1. The average molecular weight is 358 g/mol. The molecule has 0 unspecified atom stereocenters. The number of ether oxygens (including phenoxy) is 1. The van der Waals surface area contributed by atoms with Crippen LogP contribution in [-0.2, 0) is 10.5 Å². The first kappa shape index (κ1) is 19.4. The van der Waals surface area contributed by atoms with Crippen LogP contribution in [-0.4, -0.2) is 24.8 Å². The summed E-state index contributed by atoms with van der Waals surface area (Å²) in [6.45, 7) is 7.09. The van der Waals surface area contributed by atoms with Crippen molar-refractivity contribution >= 4 is 17.7 Å². The maximum atomic E-state index is 11.9. The smallest absolute Gasteiger partial charge is 0.257 e. The molecule has 0 radical (unpaired) electrons. The standard InChI is InChI=1S/C21H27NO2S/c1-16(2)19-10-6-7-11-20(19)24-14-21(23)22-12-13-25-15-18-9-5-4-8-17(18)3/h4-11,16H,12-15H2,1-3H3,(H,22,23). The molecule has 3 nitrogen and oxygen atoms in total. The molecule has 0 saturated heterocycles. The fourth-order valence-electron chi connectivity index (χ4n) is 2.50. The van der Waals surface area contributed by atoms with Gasteiger partial charge in [-0.2, -0.15) is 11.8 Å². The van der Waals surface area contributed by atoms with E-state index in [1.54, 1.807) is 0 Å². The first-order valence-electron chi connectivity index (χ1n) is 8.68. The van der Waals surface area contributed by atoms with Crippen LogP contribution in [0.25, 0.3) is 0 Å². The minimum Gasteiger partial charge on any atom is -0.483 e. The first-order valence-corrected chi connectivity index (χ1v) is 9.84. The van der Waals surface area contributed by atoms with Gasteiger partial charge in [0, 0.05) is 18.1 Å². The van der Waals surface area contributed by atoms with Crippen LogP contribution in [0.5, 0.6) is 5.75 Å². The molecule has 1 N–H and O–H groups in total. The summed E-state index contributed by atoms with van der Waals surface area (Å²) in [7, 11) is 0. The van der Waals surface area contributed by atoms with Crippen molar-refractivity contribution in [2.45, 2.75) is 32.4 Å². The zero-order valence-corrected chi connectivity index (χ0v) is 16.1. The van der Waals surface area contributed by atoms with E-state index in [4.69, 9.17) is 4.74 Å². The summed E-state index contributed by atoms with van der Waals surface area (Å²) < 4.78 is 5.68. The molecule has 0 atom stereocenters. The third kappa shape index (κ3) is 6.46. The number of para-hydroxylation sites is 1. The number of aryl methyl sites for hydroxylation is 1. The molecule has 0 aliphatic carbocycles. The third-order valence-electron chi connectivity index (χ3n) is 3.99. The van der Waals surface area contributed by atoms with Crippen molar-refractivity contribution < 1.29 is 9.53 Å². The second-order valence-corrected chi connectivity index (χ2v) is 7.42. The molecule has 0 aromatic heterocycles. The van der Waals surface area contributed by atoms with E-state index in [0.717, 1.165) is 22.8 Å². The Morgan fingerprint density at radius 3 is 2.60 bits per heavy atom. The Labute approximate surface area is 155 Å². The maximum Gasteiger partial charge on any atom is 0.257 e. The van der Waals surface area contributed by atoms with Crippen LogP contribution in [0.4, 0.5) is 0 Å². The molecule has 0 heterocycles. The van der Waals surface area contributed by atoms with Crippen molar-refractivity contribution in [2.24, 2.45) is 0 Å². The van der Waals surface area contributed by atoms with Crippen molar-refractivity contribution in [3.8, 4) is 5.75 Å². The molecule has 2 rings (SSSR count). The average Bonchev–Trinajstić information content (AvgIpc) is 2.61. The topological polar surface area (TPSA) is 38.3 Å². The summed E-state index contributed by atoms with van der Waals surface area (Å²) in [4.78, 5) is 11.9. The molecule has 0 bridgehead atoms. The van der Waals surface area contributed by atoms with Gasteiger partial charge in [0.15, 0.2) is 6.61 Å². The fraction of sp³-hybridized carbons (Fsp3) is 0.381. The summed E-state index contributed by atoms with van der Waals surface area (Å²) in [5, 5.41) is 2.92. The molecule has 0 aliphatic heterocycles. The lowest BCUT2D eigenvalue weighted by molar-refractivity contribution is -0.122. The number of carbonyl (C=O) groups excluding carboxylic acids is 1. The Hall–Kier alpha value is -1.94. The van der Waals surface area contributed by atoms with E-state index in [-0.39, 0.29) is 12.5 Å². The third-order valence-corrected chi connectivity index (χ3v) is 5.00. The number of hydrogen-bond acceptors (Lipinski definition) is 3. The minimum absolute atomic E-state index is 0.0617. The zero-order valence-electron chi connectivity index (χ0n) is 15.2. The molecule has 0 aliphatic rings. The quantitative estimate of drug-likeness (QED) is 0.669. The van der Waals surface area contributed by atoms with E-state index in [0.29, 0.717) is 12.5 Å². The van der Waals surface area contributed by atoms with Crippen LogP contribution < -0.4 is 10.1 Å². The van der Waals surface area contributed by atoms with Crippen molar-refractivity contribution in [3.05, 3.63) is 65.2 Å². The van der Waals surface area contributed by atoms with E-state index in [1.165, 1.54) is 11.1 Å². The van der Waals surface area contributed by atoms with Crippen LogP contribution in [0.1, 0.15) is 36.5 Å². The molecular weight excluding hydrogens is 330 g/mol. The highest BCUT2D eigenvalue weighted by Gasteiger charge is 2.09. The molecule has 2 aromatic rings. The molecular formula is C21H27NO2S. The summed E-state index contributed by atoms with van der Waals surface area (Å²) >= 11 is 1.83. The predicted molar refractivity (Wildman–Crippen MR) is 106 cm³/mol. The summed E-state index contributed by atoms with van der Waals surface area (Å²) in [6.07, 6.45) is 0. The van der Waals surface area contributed by atoms with Gasteiger partial charge < -0.3 is 10.1 Å². The van der Waals surface area contributed by atoms with E-state index >= 15 is 0 Å². The van der Waals surface area contributed by atoms with Crippen molar-refractivity contribution in [2.75, 3.05) is 18.9 Å². The molecule has 0 spiro atoms. The Balaban J connectivity index is 1.65. The number of hydrogen-bond donors (Lipinski definition) is 1. The maximum absolute atomic E-state index is 11.9. The fourth-order valence-corrected chi connectivity index (χ4v) is 3.43. The molecule has 0 saturated carbocycles. The molecule has 2 aromatic carbocycles. The summed E-state index contributed by atoms with van der Waals surface area (Å²) in [6, 6.07) is 16.3. The highest BCUT2D eigenvalue weighted by atomic mass is 32.2. The SMILES string of the molecule is Cc1ccccc1CSCCNC(=O)COc1ccccc1C(C)C.